The minimum atomic E-state index is -0.0223. The van der Waals surface area contributed by atoms with Crippen LogP contribution in [0.25, 0.3) is 10.2 Å². The first-order chi connectivity index (χ1) is 13.9. The molecule has 0 atom stereocenters. The Kier molecular flexibility index (Phi) is 6.85. The Labute approximate surface area is 186 Å². The van der Waals surface area contributed by atoms with Gasteiger partial charge in [-0.1, -0.05) is 17.4 Å². The second kappa shape index (κ2) is 9.20. The summed E-state index contributed by atoms with van der Waals surface area (Å²) in [4.78, 5) is 22.1. The summed E-state index contributed by atoms with van der Waals surface area (Å²) >= 11 is 1.51. The normalized spacial score (nSPS) is 12.3. The quantitative estimate of drug-likeness (QED) is 0.550. The minimum Gasteiger partial charge on any atom is -0.454 e. The molecule has 30 heavy (non-hydrogen) atoms. The number of aryl methyl sites for hydroxylation is 2. The lowest BCUT2D eigenvalue weighted by Crippen LogP contribution is -2.33. The van der Waals surface area contributed by atoms with Crippen LogP contribution in [0.2, 0.25) is 0 Å². The van der Waals surface area contributed by atoms with Crippen molar-refractivity contribution in [3.05, 3.63) is 47.0 Å². The van der Waals surface area contributed by atoms with Gasteiger partial charge in [0.2, 0.25) is 6.79 Å². The van der Waals surface area contributed by atoms with Crippen LogP contribution in [0.4, 0.5) is 5.13 Å². The Morgan fingerprint density at radius 1 is 1.07 bits per heavy atom. The predicted octanol–water partition coefficient (Wildman–Crippen LogP) is 4.66. The summed E-state index contributed by atoms with van der Waals surface area (Å²) in [5, 5.41) is 0.700. The van der Waals surface area contributed by atoms with Gasteiger partial charge in [0.15, 0.2) is 16.6 Å². The number of benzene rings is 2. The molecule has 160 valence electrons. The number of ether oxygens (including phenoxy) is 2. The number of nitrogens with zero attached hydrogens (tertiary/aromatic N) is 3. The first-order valence-corrected chi connectivity index (χ1v) is 10.5. The fourth-order valence-electron chi connectivity index (χ4n) is 3.28. The third-order valence-corrected chi connectivity index (χ3v) is 6.13. The van der Waals surface area contributed by atoms with Gasteiger partial charge in [-0.25, -0.2) is 4.98 Å². The van der Waals surface area contributed by atoms with Gasteiger partial charge in [0.1, 0.15) is 0 Å². The van der Waals surface area contributed by atoms with Gasteiger partial charge >= 0.3 is 0 Å². The van der Waals surface area contributed by atoms with Crippen molar-refractivity contribution in [2.24, 2.45) is 0 Å². The third kappa shape index (κ3) is 4.53. The van der Waals surface area contributed by atoms with Gasteiger partial charge in [-0.2, -0.15) is 0 Å². The van der Waals surface area contributed by atoms with Crippen LogP contribution in [0, 0.1) is 13.8 Å². The second-order valence-electron chi connectivity index (χ2n) is 7.58. The first-order valence-electron chi connectivity index (χ1n) is 9.66. The molecule has 6 nitrogen and oxygen atoms in total. The number of hydrogen-bond donors (Lipinski definition) is 0. The van der Waals surface area contributed by atoms with Gasteiger partial charge in [-0.15, -0.1) is 12.4 Å². The SMILES string of the molecule is Cc1ccc(C(=O)N(CCCN(C)C)c2nc3cc4c(cc3s2)OCO4)cc1C.Cl. The molecule has 0 bridgehead atoms. The lowest BCUT2D eigenvalue weighted by atomic mass is 10.1. The van der Waals surface area contributed by atoms with Crippen LogP contribution < -0.4 is 14.4 Å². The zero-order valence-electron chi connectivity index (χ0n) is 17.6. The maximum absolute atomic E-state index is 13.4. The van der Waals surface area contributed by atoms with Crippen molar-refractivity contribution in [2.75, 3.05) is 38.9 Å². The molecule has 0 fully saturated rings. The van der Waals surface area contributed by atoms with Crippen LogP contribution in [0.5, 0.6) is 11.5 Å². The van der Waals surface area contributed by atoms with Crippen molar-refractivity contribution in [1.82, 2.24) is 9.88 Å². The minimum absolute atomic E-state index is 0. The molecule has 0 unspecified atom stereocenters. The lowest BCUT2D eigenvalue weighted by Gasteiger charge is -2.21. The van der Waals surface area contributed by atoms with E-state index in [1.54, 1.807) is 4.90 Å². The van der Waals surface area contributed by atoms with Crippen molar-refractivity contribution in [1.29, 1.82) is 0 Å². The first kappa shape index (κ1) is 22.3. The highest BCUT2D eigenvalue weighted by atomic mass is 35.5. The fraction of sp³-hybridized carbons (Fsp3) is 0.364. The number of amides is 1. The molecule has 0 saturated heterocycles. The summed E-state index contributed by atoms with van der Waals surface area (Å²) in [7, 11) is 4.07. The average Bonchev–Trinajstić information content (AvgIpc) is 3.30. The van der Waals surface area contributed by atoms with Crippen LogP contribution in [-0.4, -0.2) is 49.8 Å². The van der Waals surface area contributed by atoms with Gasteiger partial charge in [0, 0.05) is 24.2 Å². The van der Waals surface area contributed by atoms with E-state index in [1.807, 2.05) is 51.4 Å². The summed E-state index contributed by atoms with van der Waals surface area (Å²) in [5.41, 5.74) is 3.79. The van der Waals surface area contributed by atoms with E-state index in [-0.39, 0.29) is 25.1 Å². The molecule has 8 heteroatoms. The van der Waals surface area contributed by atoms with E-state index in [4.69, 9.17) is 14.5 Å². The molecule has 0 aliphatic carbocycles. The lowest BCUT2D eigenvalue weighted by molar-refractivity contribution is 0.0986. The highest BCUT2D eigenvalue weighted by molar-refractivity contribution is 7.22. The molecular formula is C22H26ClN3O3S. The Balaban J connectivity index is 0.00000256. The molecule has 1 aliphatic rings. The Bertz CT molecular complexity index is 1030. The molecule has 4 rings (SSSR count). The van der Waals surface area contributed by atoms with Gasteiger partial charge in [0.05, 0.1) is 10.2 Å². The zero-order valence-corrected chi connectivity index (χ0v) is 19.2. The number of fused-ring (bicyclic) bond motifs is 2. The zero-order chi connectivity index (χ0) is 20.5. The molecule has 1 amide bonds. The molecule has 1 aliphatic heterocycles. The summed E-state index contributed by atoms with van der Waals surface area (Å²) in [6, 6.07) is 9.68. The topological polar surface area (TPSA) is 54.9 Å². The van der Waals surface area contributed by atoms with E-state index in [9.17, 15) is 4.79 Å². The van der Waals surface area contributed by atoms with Crippen LogP contribution in [0.1, 0.15) is 27.9 Å². The van der Waals surface area contributed by atoms with E-state index < -0.39 is 0 Å². The summed E-state index contributed by atoms with van der Waals surface area (Å²) in [5.74, 6) is 1.41. The highest BCUT2D eigenvalue weighted by Gasteiger charge is 2.23. The molecule has 0 radical (unpaired) electrons. The monoisotopic (exact) mass is 447 g/mol. The molecule has 3 aromatic rings. The molecular weight excluding hydrogens is 422 g/mol. The molecule has 0 N–H and O–H groups in total. The van der Waals surface area contributed by atoms with Crippen molar-refractivity contribution in [2.45, 2.75) is 20.3 Å². The summed E-state index contributed by atoms with van der Waals surface area (Å²) < 4.78 is 11.9. The van der Waals surface area contributed by atoms with Crippen molar-refractivity contribution in [3.63, 3.8) is 0 Å². The van der Waals surface area contributed by atoms with Crippen molar-refractivity contribution < 1.29 is 14.3 Å². The van der Waals surface area contributed by atoms with E-state index in [0.29, 0.717) is 23.0 Å². The number of anilines is 1. The van der Waals surface area contributed by atoms with E-state index >= 15 is 0 Å². The van der Waals surface area contributed by atoms with E-state index in [2.05, 4.69) is 11.8 Å². The maximum Gasteiger partial charge on any atom is 0.260 e. The Morgan fingerprint density at radius 2 is 1.80 bits per heavy atom. The number of thiazole rings is 1. The third-order valence-electron chi connectivity index (χ3n) is 5.09. The Morgan fingerprint density at radius 3 is 2.50 bits per heavy atom. The molecule has 0 spiro atoms. The van der Waals surface area contributed by atoms with Crippen LogP contribution in [0.3, 0.4) is 0 Å². The van der Waals surface area contributed by atoms with Gasteiger partial charge in [-0.3, -0.25) is 9.69 Å². The highest BCUT2D eigenvalue weighted by Crippen LogP contribution is 2.40. The van der Waals surface area contributed by atoms with Crippen LogP contribution in [-0.2, 0) is 0 Å². The van der Waals surface area contributed by atoms with Crippen molar-refractivity contribution in [3.8, 4) is 11.5 Å². The number of hydrogen-bond acceptors (Lipinski definition) is 6. The number of aromatic nitrogens is 1. The Hall–Kier alpha value is -2.35. The van der Waals surface area contributed by atoms with Crippen LogP contribution >= 0.6 is 23.7 Å². The average molecular weight is 448 g/mol. The number of carbonyl (C=O) groups is 1. The largest absolute Gasteiger partial charge is 0.454 e. The predicted molar refractivity (Wildman–Crippen MR) is 124 cm³/mol. The van der Waals surface area contributed by atoms with Crippen molar-refractivity contribution >= 4 is 45.0 Å². The van der Waals surface area contributed by atoms with Gasteiger partial charge in [-0.05, 0) is 64.2 Å². The van der Waals surface area contributed by atoms with E-state index in [0.717, 1.165) is 34.5 Å². The summed E-state index contributed by atoms with van der Waals surface area (Å²) in [6.45, 7) is 5.83. The maximum atomic E-state index is 13.4. The number of carbonyl (C=O) groups excluding carboxylic acids is 1. The molecule has 2 heterocycles. The molecule has 1 aromatic heterocycles. The second-order valence-corrected chi connectivity index (χ2v) is 8.59. The number of rotatable bonds is 6. The summed E-state index contributed by atoms with van der Waals surface area (Å²) in [6.07, 6.45) is 0.863. The molecule has 2 aromatic carbocycles. The fourth-order valence-corrected chi connectivity index (χ4v) is 4.28. The molecule has 0 saturated carbocycles. The smallest absolute Gasteiger partial charge is 0.260 e. The van der Waals surface area contributed by atoms with Crippen LogP contribution in [0.15, 0.2) is 30.3 Å². The van der Waals surface area contributed by atoms with Gasteiger partial charge in [0.25, 0.3) is 5.91 Å². The standard InChI is InChI=1S/C22H25N3O3S.ClH/c1-14-6-7-16(10-15(14)2)21(26)25(9-5-8-24(3)4)22-23-17-11-18-19(28-13-27-18)12-20(17)29-22;/h6-7,10-12H,5,8-9,13H2,1-4H3;1H. The number of halogens is 1. The van der Waals surface area contributed by atoms with Gasteiger partial charge < -0.3 is 14.4 Å². The van der Waals surface area contributed by atoms with E-state index in [1.165, 1.54) is 16.9 Å².